The van der Waals surface area contributed by atoms with E-state index in [-0.39, 0.29) is 23.8 Å². The molecule has 0 amide bonds. The van der Waals surface area contributed by atoms with Gasteiger partial charge in [0.2, 0.25) is 0 Å². The number of nitrogens with zero attached hydrogens (tertiary/aromatic N) is 2. The Labute approximate surface area is 296 Å². The molecule has 0 unspecified atom stereocenters. The Morgan fingerprint density at radius 2 is 1.78 bits per heavy atom. The lowest BCUT2D eigenvalue weighted by atomic mass is 9.95. The Morgan fingerprint density at radius 1 is 1.04 bits per heavy atom. The highest BCUT2D eigenvalue weighted by atomic mass is 79.9. The lowest BCUT2D eigenvalue weighted by Gasteiger charge is -2.26. The molecule has 0 saturated carbocycles. The van der Waals surface area contributed by atoms with E-state index in [2.05, 4.69) is 36.9 Å². The third kappa shape index (κ3) is 7.08. The van der Waals surface area contributed by atoms with Crippen LogP contribution in [-0.2, 0) is 16.1 Å². The first-order chi connectivity index (χ1) is 21.9. The molecule has 2 heterocycles. The van der Waals surface area contributed by atoms with Gasteiger partial charge in [-0.3, -0.25) is 9.36 Å². The zero-order chi connectivity index (χ0) is 33.3. The number of rotatable bonds is 9. The molecular formula is C33H28Br2Cl2N2O6S. The fraction of sp³-hybridized carbons (Fsp3) is 0.242. The predicted octanol–water partition coefficient (Wildman–Crippen LogP) is 7.61. The minimum absolute atomic E-state index is 0.191. The summed E-state index contributed by atoms with van der Waals surface area (Å²) in [5, 5.41) is 1.03. The summed E-state index contributed by atoms with van der Waals surface area (Å²) >= 11 is 20.7. The molecule has 46 heavy (non-hydrogen) atoms. The molecule has 8 nitrogen and oxygen atoms in total. The minimum atomic E-state index is -0.842. The number of fused-ring (bicyclic) bond motifs is 1. The first-order valence-corrected chi connectivity index (χ1v) is 17.1. The van der Waals surface area contributed by atoms with Gasteiger partial charge >= 0.3 is 5.97 Å². The molecule has 0 radical (unpaired) electrons. The lowest BCUT2D eigenvalue weighted by molar-refractivity contribution is -0.143. The number of hydrogen-bond acceptors (Lipinski definition) is 8. The van der Waals surface area contributed by atoms with E-state index in [0.717, 1.165) is 10.0 Å². The minimum Gasteiger partial charge on any atom is -0.496 e. The van der Waals surface area contributed by atoms with Crippen molar-refractivity contribution < 1.29 is 23.7 Å². The molecule has 1 aliphatic rings. The summed E-state index contributed by atoms with van der Waals surface area (Å²) in [4.78, 5) is 32.8. The van der Waals surface area contributed by atoms with Gasteiger partial charge in [-0.05, 0) is 74.9 Å². The largest absolute Gasteiger partial charge is 0.496 e. The van der Waals surface area contributed by atoms with E-state index in [4.69, 9.17) is 42.1 Å². The van der Waals surface area contributed by atoms with Crippen molar-refractivity contribution in [1.82, 2.24) is 4.57 Å². The SMILES string of the molecule is COc1cc(/C=c2\sc3n(c2=O)[C@@H](c2cc(Br)ccc2OC)C(C(=O)OC(C)C)=C(C)N=3)c(Br)cc1OCc1ccc(Cl)cc1Cl. The molecule has 1 aromatic heterocycles. The third-order valence-corrected chi connectivity index (χ3v) is 9.79. The maximum atomic E-state index is 14.2. The van der Waals surface area contributed by atoms with E-state index in [1.165, 1.54) is 23.0 Å². The molecule has 0 aliphatic carbocycles. The fourth-order valence-electron chi connectivity index (χ4n) is 4.94. The summed E-state index contributed by atoms with van der Waals surface area (Å²) in [5.41, 5.74) is 2.43. The van der Waals surface area contributed by atoms with Crippen molar-refractivity contribution in [3.63, 3.8) is 0 Å². The van der Waals surface area contributed by atoms with Crippen LogP contribution in [0, 0.1) is 0 Å². The van der Waals surface area contributed by atoms with Crippen molar-refractivity contribution in [2.75, 3.05) is 14.2 Å². The molecule has 0 bridgehead atoms. The number of methoxy groups -OCH3 is 2. The molecule has 0 saturated heterocycles. The maximum absolute atomic E-state index is 14.2. The number of allylic oxidation sites excluding steroid dienone is 1. The van der Waals surface area contributed by atoms with Gasteiger partial charge in [0.05, 0.1) is 36.1 Å². The van der Waals surface area contributed by atoms with Crippen LogP contribution in [0.1, 0.15) is 43.5 Å². The second-order valence-electron chi connectivity index (χ2n) is 10.5. The number of thiazole rings is 1. The van der Waals surface area contributed by atoms with E-state index in [1.54, 1.807) is 70.4 Å². The second-order valence-corrected chi connectivity index (χ2v) is 14.1. The Balaban J connectivity index is 1.61. The summed E-state index contributed by atoms with van der Waals surface area (Å²) in [6.07, 6.45) is 1.38. The van der Waals surface area contributed by atoms with Gasteiger partial charge in [-0.1, -0.05) is 72.5 Å². The van der Waals surface area contributed by atoms with E-state index < -0.39 is 12.0 Å². The molecule has 240 valence electrons. The van der Waals surface area contributed by atoms with E-state index in [1.807, 2.05) is 12.1 Å². The fourth-order valence-corrected chi connectivity index (χ4v) is 7.26. The second kappa shape index (κ2) is 14.4. The van der Waals surface area contributed by atoms with Crippen LogP contribution in [-0.4, -0.2) is 30.9 Å². The van der Waals surface area contributed by atoms with Crippen LogP contribution in [0.4, 0.5) is 0 Å². The quantitative estimate of drug-likeness (QED) is 0.162. The van der Waals surface area contributed by atoms with E-state index in [9.17, 15) is 9.59 Å². The van der Waals surface area contributed by atoms with Crippen molar-refractivity contribution in [3.05, 3.63) is 115 Å². The highest BCUT2D eigenvalue weighted by Gasteiger charge is 2.35. The van der Waals surface area contributed by atoms with Crippen molar-refractivity contribution in [2.45, 2.75) is 39.5 Å². The Hall–Kier alpha value is -3.09. The first-order valence-electron chi connectivity index (χ1n) is 13.9. The van der Waals surface area contributed by atoms with Gasteiger partial charge in [-0.2, -0.15) is 0 Å². The molecule has 13 heteroatoms. The van der Waals surface area contributed by atoms with Crippen LogP contribution in [0.2, 0.25) is 10.0 Å². The standard InChI is InChI=1S/C33H28Br2Cl2N2O6S/c1-16(2)45-32(41)29-17(3)38-33-39(30(29)22-12-20(34)7-9-25(22)42-4)31(40)28(46-33)11-19-10-26(43-5)27(14-23(19)35)44-15-18-6-8-21(36)13-24(18)37/h6-14,16,30H,15H2,1-5H3/b28-11-/t30-/m0/s1. The lowest BCUT2D eigenvalue weighted by Crippen LogP contribution is -2.40. The molecular weight excluding hydrogens is 783 g/mol. The summed E-state index contributed by atoms with van der Waals surface area (Å²) < 4.78 is 26.3. The van der Waals surface area contributed by atoms with Crippen LogP contribution < -0.4 is 29.1 Å². The number of hydrogen-bond donors (Lipinski definition) is 0. The number of esters is 1. The summed E-state index contributed by atoms with van der Waals surface area (Å²) in [5.74, 6) is 0.888. The van der Waals surface area contributed by atoms with Crippen molar-refractivity contribution in [3.8, 4) is 17.2 Å². The zero-order valence-electron chi connectivity index (χ0n) is 25.3. The smallest absolute Gasteiger partial charge is 0.338 e. The monoisotopic (exact) mass is 808 g/mol. The van der Waals surface area contributed by atoms with Crippen molar-refractivity contribution in [1.29, 1.82) is 0 Å². The number of carbonyl (C=O) groups excluding carboxylic acids is 1. The molecule has 0 spiro atoms. The topological polar surface area (TPSA) is 88.4 Å². The van der Waals surface area contributed by atoms with Gasteiger partial charge in [0.15, 0.2) is 16.3 Å². The highest BCUT2D eigenvalue weighted by Crippen LogP contribution is 2.38. The average molecular weight is 811 g/mol. The summed E-state index contributed by atoms with van der Waals surface area (Å²) in [7, 11) is 3.08. The van der Waals surface area contributed by atoms with Gasteiger partial charge in [0.25, 0.3) is 5.56 Å². The van der Waals surface area contributed by atoms with Crippen LogP contribution in [0.25, 0.3) is 6.08 Å². The van der Waals surface area contributed by atoms with Gasteiger partial charge < -0.3 is 18.9 Å². The number of carbonyl (C=O) groups is 1. The number of aromatic nitrogens is 1. The molecule has 1 atom stereocenters. The number of halogens is 4. The molecule has 0 fully saturated rings. The van der Waals surface area contributed by atoms with Gasteiger partial charge in [-0.25, -0.2) is 9.79 Å². The van der Waals surface area contributed by atoms with Gasteiger partial charge in [0, 0.05) is 30.1 Å². The Morgan fingerprint density at radius 3 is 2.46 bits per heavy atom. The summed E-state index contributed by atoms with van der Waals surface area (Å²) in [6, 6.07) is 13.3. The molecule has 3 aromatic carbocycles. The first kappa shape index (κ1) is 34.3. The average Bonchev–Trinajstić information content (AvgIpc) is 3.30. The molecule has 1 aliphatic heterocycles. The number of benzene rings is 3. The van der Waals surface area contributed by atoms with Gasteiger partial charge in [0.1, 0.15) is 18.4 Å². The maximum Gasteiger partial charge on any atom is 0.338 e. The predicted molar refractivity (Wildman–Crippen MR) is 187 cm³/mol. The molecule has 0 N–H and O–H groups in total. The van der Waals surface area contributed by atoms with Crippen LogP contribution in [0.5, 0.6) is 17.2 Å². The third-order valence-electron chi connectivity index (χ3n) is 7.04. The Kier molecular flexibility index (Phi) is 10.7. The molecule has 4 aromatic rings. The highest BCUT2D eigenvalue weighted by molar-refractivity contribution is 9.10. The van der Waals surface area contributed by atoms with Crippen LogP contribution in [0.15, 0.2) is 78.5 Å². The number of ether oxygens (including phenoxy) is 4. The van der Waals surface area contributed by atoms with Crippen molar-refractivity contribution >= 4 is 78.4 Å². The zero-order valence-corrected chi connectivity index (χ0v) is 30.8. The normalized spacial score (nSPS) is 14.7. The Bertz CT molecular complexity index is 2060. The van der Waals surface area contributed by atoms with E-state index >= 15 is 0 Å². The summed E-state index contributed by atoms with van der Waals surface area (Å²) in [6.45, 7) is 5.47. The molecule has 5 rings (SSSR count). The van der Waals surface area contributed by atoms with Gasteiger partial charge in [-0.15, -0.1) is 0 Å². The van der Waals surface area contributed by atoms with Crippen molar-refractivity contribution in [2.24, 2.45) is 4.99 Å². The van der Waals surface area contributed by atoms with Crippen LogP contribution >= 0.6 is 66.4 Å². The van der Waals surface area contributed by atoms with E-state index in [0.29, 0.717) is 57.9 Å². The van der Waals surface area contributed by atoms with Crippen LogP contribution in [0.3, 0.4) is 0 Å².